The third kappa shape index (κ3) is 1.70. The van der Waals surface area contributed by atoms with Crippen LogP contribution in [0.4, 0.5) is 0 Å². The number of amides is 1. The van der Waals surface area contributed by atoms with Gasteiger partial charge in [-0.3, -0.25) is 9.80 Å². The molecule has 1 saturated carbocycles. The zero-order valence-corrected chi connectivity index (χ0v) is 6.34. The van der Waals surface area contributed by atoms with Gasteiger partial charge < -0.3 is 0 Å². The zero-order valence-electron chi connectivity index (χ0n) is 6.34. The molecule has 0 aromatic heterocycles. The Morgan fingerprint density at radius 2 is 2.30 bits per heavy atom. The monoisotopic (exact) mass is 142 g/mol. The first kappa shape index (κ1) is 7.54. The van der Waals surface area contributed by atoms with Gasteiger partial charge in [0.2, 0.25) is 5.91 Å². The number of carbonyl (C=O) groups is 1. The maximum atomic E-state index is 10.9. The van der Waals surface area contributed by atoms with Crippen LogP contribution < -0.4 is 5.84 Å². The van der Waals surface area contributed by atoms with Crippen molar-refractivity contribution in [2.75, 3.05) is 7.05 Å². The van der Waals surface area contributed by atoms with Crippen LogP contribution in [0.5, 0.6) is 0 Å². The van der Waals surface area contributed by atoms with Gasteiger partial charge in [0.1, 0.15) is 0 Å². The number of hydrogen-bond acceptors (Lipinski definition) is 2. The summed E-state index contributed by atoms with van der Waals surface area (Å²) in [6.07, 6.45) is 4.35. The smallest absolute Gasteiger partial charge is 0.236 e. The number of nitrogens with two attached hydrogens (primary N) is 1. The second-order valence-electron chi connectivity index (χ2n) is 3.01. The zero-order chi connectivity index (χ0) is 7.56. The third-order valence-corrected chi connectivity index (χ3v) is 2.08. The van der Waals surface area contributed by atoms with Crippen molar-refractivity contribution < 1.29 is 4.79 Å². The second kappa shape index (κ2) is 3.01. The van der Waals surface area contributed by atoms with Crippen LogP contribution in [0.25, 0.3) is 0 Å². The quantitative estimate of drug-likeness (QED) is 0.347. The molecule has 0 aromatic rings. The lowest BCUT2D eigenvalue weighted by atomic mass is 9.83. The molecule has 0 atom stereocenters. The lowest BCUT2D eigenvalue weighted by molar-refractivity contribution is -0.131. The lowest BCUT2D eigenvalue weighted by Gasteiger charge is -2.25. The first-order chi connectivity index (χ1) is 4.70. The van der Waals surface area contributed by atoms with Crippen molar-refractivity contribution in [2.45, 2.75) is 25.7 Å². The van der Waals surface area contributed by atoms with Gasteiger partial charge >= 0.3 is 0 Å². The van der Waals surface area contributed by atoms with Crippen LogP contribution in [0.15, 0.2) is 0 Å². The summed E-state index contributed by atoms with van der Waals surface area (Å²) in [5.74, 6) is 5.93. The van der Waals surface area contributed by atoms with E-state index in [4.69, 9.17) is 5.84 Å². The van der Waals surface area contributed by atoms with Crippen LogP contribution in [0.3, 0.4) is 0 Å². The Balaban J connectivity index is 2.17. The van der Waals surface area contributed by atoms with Crippen molar-refractivity contribution >= 4 is 5.91 Å². The summed E-state index contributed by atoms with van der Waals surface area (Å²) in [7, 11) is 1.60. The van der Waals surface area contributed by atoms with Gasteiger partial charge in [0.15, 0.2) is 0 Å². The van der Waals surface area contributed by atoms with Gasteiger partial charge in [-0.15, -0.1) is 0 Å². The average Bonchev–Trinajstić information content (AvgIpc) is 1.77. The van der Waals surface area contributed by atoms with Crippen molar-refractivity contribution in [3.63, 3.8) is 0 Å². The van der Waals surface area contributed by atoms with E-state index in [1.807, 2.05) is 0 Å². The van der Waals surface area contributed by atoms with Crippen LogP contribution in [-0.4, -0.2) is 18.0 Å². The molecular weight excluding hydrogens is 128 g/mol. The maximum absolute atomic E-state index is 10.9. The molecule has 1 amide bonds. The molecule has 1 aliphatic rings. The van der Waals surface area contributed by atoms with Gasteiger partial charge in [0.05, 0.1) is 0 Å². The van der Waals surface area contributed by atoms with Crippen molar-refractivity contribution in [2.24, 2.45) is 11.8 Å². The first-order valence-electron chi connectivity index (χ1n) is 3.71. The molecule has 0 heterocycles. The number of hydrogen-bond donors (Lipinski definition) is 1. The third-order valence-electron chi connectivity index (χ3n) is 2.08. The Morgan fingerprint density at radius 3 is 2.60 bits per heavy atom. The van der Waals surface area contributed by atoms with E-state index in [0.717, 1.165) is 0 Å². The molecule has 10 heavy (non-hydrogen) atoms. The summed E-state index contributed by atoms with van der Waals surface area (Å²) in [5.41, 5.74) is 0. The summed E-state index contributed by atoms with van der Waals surface area (Å²) in [5, 5.41) is 1.18. The fourth-order valence-electron chi connectivity index (χ4n) is 1.09. The predicted octanol–water partition coefficient (Wildman–Crippen LogP) is 0.509. The van der Waals surface area contributed by atoms with Gasteiger partial charge in [-0.25, -0.2) is 5.84 Å². The number of nitrogens with zero attached hydrogens (tertiary/aromatic N) is 1. The average molecular weight is 142 g/mol. The van der Waals surface area contributed by atoms with Crippen LogP contribution >= 0.6 is 0 Å². The SMILES string of the molecule is CN(N)C(=O)CC1CCC1. The van der Waals surface area contributed by atoms with E-state index >= 15 is 0 Å². The van der Waals surface area contributed by atoms with Crippen molar-refractivity contribution in [1.82, 2.24) is 5.01 Å². The highest BCUT2D eigenvalue weighted by atomic mass is 16.2. The lowest BCUT2D eigenvalue weighted by Crippen LogP contribution is -2.35. The Morgan fingerprint density at radius 1 is 1.70 bits per heavy atom. The summed E-state index contributed by atoms with van der Waals surface area (Å²) in [4.78, 5) is 10.9. The molecule has 0 spiro atoms. The highest BCUT2D eigenvalue weighted by molar-refractivity contribution is 5.75. The van der Waals surface area contributed by atoms with E-state index in [1.165, 1.54) is 24.3 Å². The van der Waals surface area contributed by atoms with E-state index < -0.39 is 0 Å². The van der Waals surface area contributed by atoms with Crippen LogP contribution in [0.2, 0.25) is 0 Å². The van der Waals surface area contributed by atoms with Gasteiger partial charge in [0.25, 0.3) is 0 Å². The largest absolute Gasteiger partial charge is 0.284 e. The van der Waals surface area contributed by atoms with E-state index in [0.29, 0.717) is 12.3 Å². The highest BCUT2D eigenvalue weighted by Gasteiger charge is 2.21. The summed E-state index contributed by atoms with van der Waals surface area (Å²) in [6.45, 7) is 0. The molecule has 0 aromatic carbocycles. The Kier molecular flexibility index (Phi) is 2.27. The van der Waals surface area contributed by atoms with Crippen molar-refractivity contribution in [3.8, 4) is 0 Å². The number of carbonyl (C=O) groups excluding carboxylic acids is 1. The van der Waals surface area contributed by atoms with E-state index in [9.17, 15) is 4.79 Å². The Hall–Kier alpha value is -0.570. The molecule has 1 rings (SSSR count). The number of rotatable bonds is 2. The first-order valence-corrected chi connectivity index (χ1v) is 3.71. The van der Waals surface area contributed by atoms with Gasteiger partial charge in [-0.2, -0.15) is 0 Å². The minimum Gasteiger partial charge on any atom is -0.284 e. The standard InChI is InChI=1S/C7H14N2O/c1-9(8)7(10)5-6-3-2-4-6/h6H,2-5,8H2,1H3. The molecule has 1 fully saturated rings. The summed E-state index contributed by atoms with van der Waals surface area (Å²) < 4.78 is 0. The molecule has 0 radical (unpaired) electrons. The van der Waals surface area contributed by atoms with Crippen molar-refractivity contribution in [1.29, 1.82) is 0 Å². The molecule has 3 nitrogen and oxygen atoms in total. The van der Waals surface area contributed by atoms with Gasteiger partial charge in [0, 0.05) is 13.5 Å². The van der Waals surface area contributed by atoms with Gasteiger partial charge in [-0.1, -0.05) is 6.42 Å². The molecule has 0 saturated heterocycles. The van der Waals surface area contributed by atoms with E-state index in [2.05, 4.69) is 0 Å². The normalized spacial score (nSPS) is 18.2. The summed E-state index contributed by atoms with van der Waals surface area (Å²) in [6, 6.07) is 0. The molecule has 58 valence electrons. The van der Waals surface area contributed by atoms with Crippen LogP contribution in [0, 0.1) is 5.92 Å². The molecule has 0 unspecified atom stereocenters. The Bertz CT molecular complexity index is 130. The second-order valence-corrected chi connectivity index (χ2v) is 3.01. The maximum Gasteiger partial charge on any atom is 0.236 e. The Labute approximate surface area is 61.2 Å². The number of hydrazine groups is 1. The predicted molar refractivity (Wildman–Crippen MR) is 38.9 cm³/mol. The molecule has 3 heteroatoms. The minimum absolute atomic E-state index is 0.0599. The summed E-state index contributed by atoms with van der Waals surface area (Å²) >= 11 is 0. The van der Waals surface area contributed by atoms with Crippen LogP contribution in [0.1, 0.15) is 25.7 Å². The van der Waals surface area contributed by atoms with Gasteiger partial charge in [-0.05, 0) is 18.8 Å². The van der Waals surface area contributed by atoms with E-state index in [1.54, 1.807) is 7.05 Å². The molecule has 0 aliphatic heterocycles. The fraction of sp³-hybridized carbons (Fsp3) is 0.857. The molecular formula is C7H14N2O. The fourth-order valence-corrected chi connectivity index (χ4v) is 1.09. The highest BCUT2D eigenvalue weighted by Crippen LogP contribution is 2.29. The minimum atomic E-state index is 0.0599. The van der Waals surface area contributed by atoms with Crippen molar-refractivity contribution in [3.05, 3.63) is 0 Å². The molecule has 0 bridgehead atoms. The molecule has 1 aliphatic carbocycles. The molecule has 2 N–H and O–H groups in total. The van der Waals surface area contributed by atoms with Crippen LogP contribution in [-0.2, 0) is 4.79 Å². The van der Waals surface area contributed by atoms with E-state index in [-0.39, 0.29) is 5.91 Å². The topological polar surface area (TPSA) is 46.3 Å².